The summed E-state index contributed by atoms with van der Waals surface area (Å²) in [5.41, 5.74) is 0.563. The van der Waals surface area contributed by atoms with E-state index in [1.807, 2.05) is 6.07 Å². The van der Waals surface area contributed by atoms with E-state index in [1.165, 1.54) is 12.1 Å². The molecule has 19 heavy (non-hydrogen) atoms. The Morgan fingerprint density at radius 2 is 1.89 bits per heavy atom. The van der Waals surface area contributed by atoms with Crippen LogP contribution in [0.15, 0.2) is 48.5 Å². The van der Waals surface area contributed by atoms with Crippen LogP contribution in [0.1, 0.15) is 17.3 Å². The molecule has 0 saturated carbocycles. The van der Waals surface area contributed by atoms with Gasteiger partial charge in [0.25, 0.3) is 0 Å². The number of rotatable bonds is 4. The highest BCUT2D eigenvalue weighted by Gasteiger charge is 2.17. The zero-order valence-electron chi connectivity index (χ0n) is 10.3. The number of hydrogen-bond acceptors (Lipinski definition) is 2. The van der Waals surface area contributed by atoms with Crippen molar-refractivity contribution in [3.63, 3.8) is 0 Å². The lowest BCUT2D eigenvalue weighted by Gasteiger charge is -2.14. The molecular weight excluding hydrogens is 267 g/mol. The number of Topliss-reactive ketones (excluding diaryl/α,β-unsaturated/α-hetero) is 1. The highest BCUT2D eigenvalue weighted by atomic mass is 35.5. The lowest BCUT2D eigenvalue weighted by atomic mass is 10.1. The van der Waals surface area contributed by atoms with Gasteiger partial charge in [0.15, 0.2) is 6.10 Å². The van der Waals surface area contributed by atoms with E-state index < -0.39 is 11.9 Å². The van der Waals surface area contributed by atoms with Crippen molar-refractivity contribution in [2.75, 3.05) is 0 Å². The van der Waals surface area contributed by atoms with Gasteiger partial charge in [-0.1, -0.05) is 41.9 Å². The summed E-state index contributed by atoms with van der Waals surface area (Å²) in [6.45, 7) is 1.63. The molecule has 1 atom stereocenters. The molecule has 4 heteroatoms. The molecule has 0 radical (unpaired) electrons. The maximum Gasteiger partial charge on any atom is 0.202 e. The van der Waals surface area contributed by atoms with Crippen molar-refractivity contribution in [3.05, 3.63) is 64.9 Å². The fourth-order valence-electron chi connectivity index (χ4n) is 1.65. The van der Waals surface area contributed by atoms with E-state index in [0.717, 1.165) is 6.07 Å². The number of carbonyl (C=O) groups excluding carboxylic acids is 1. The summed E-state index contributed by atoms with van der Waals surface area (Å²) in [5.74, 6) is -0.305. The van der Waals surface area contributed by atoms with Crippen LogP contribution >= 0.6 is 11.6 Å². The molecule has 0 saturated heterocycles. The van der Waals surface area contributed by atoms with E-state index in [0.29, 0.717) is 11.3 Å². The Morgan fingerprint density at radius 1 is 1.21 bits per heavy atom. The molecular formula is C15H12ClFO2. The molecule has 0 bridgehead atoms. The highest BCUT2D eigenvalue weighted by Crippen LogP contribution is 2.26. The minimum Gasteiger partial charge on any atom is -0.481 e. The molecule has 0 spiro atoms. The van der Waals surface area contributed by atoms with E-state index in [4.69, 9.17) is 16.3 Å². The number of ether oxygens (including phenoxy) is 1. The van der Waals surface area contributed by atoms with Crippen molar-refractivity contribution in [2.24, 2.45) is 0 Å². The number of ketones is 1. The third kappa shape index (κ3) is 3.32. The molecule has 0 aromatic heterocycles. The van der Waals surface area contributed by atoms with Crippen LogP contribution in [-0.4, -0.2) is 11.9 Å². The average Bonchev–Trinajstić information content (AvgIpc) is 2.42. The Hall–Kier alpha value is -1.87. The summed E-state index contributed by atoms with van der Waals surface area (Å²) in [4.78, 5) is 12.1. The number of halogens is 2. The van der Waals surface area contributed by atoms with Crippen LogP contribution in [-0.2, 0) is 0 Å². The first-order chi connectivity index (χ1) is 9.08. The summed E-state index contributed by atoms with van der Waals surface area (Å²) in [5, 5.41) is 0.146. The monoisotopic (exact) mass is 278 g/mol. The molecule has 2 aromatic rings. The van der Waals surface area contributed by atoms with Gasteiger partial charge in [0.05, 0.1) is 5.02 Å². The van der Waals surface area contributed by atoms with Crippen LogP contribution in [0.3, 0.4) is 0 Å². The van der Waals surface area contributed by atoms with Crippen LogP contribution in [0.2, 0.25) is 5.02 Å². The Morgan fingerprint density at radius 3 is 2.53 bits per heavy atom. The van der Waals surface area contributed by atoms with Crippen molar-refractivity contribution in [2.45, 2.75) is 13.0 Å². The van der Waals surface area contributed by atoms with Crippen LogP contribution < -0.4 is 4.74 Å². The maximum absolute atomic E-state index is 12.9. The van der Waals surface area contributed by atoms with Gasteiger partial charge in [-0.25, -0.2) is 4.39 Å². The molecule has 0 amide bonds. The van der Waals surface area contributed by atoms with Gasteiger partial charge in [-0.05, 0) is 25.1 Å². The van der Waals surface area contributed by atoms with Gasteiger partial charge in [0.1, 0.15) is 11.6 Å². The first-order valence-electron chi connectivity index (χ1n) is 5.79. The van der Waals surface area contributed by atoms with Gasteiger partial charge < -0.3 is 4.74 Å². The van der Waals surface area contributed by atoms with Crippen LogP contribution in [0.5, 0.6) is 5.75 Å². The molecule has 2 aromatic carbocycles. The summed E-state index contributed by atoms with van der Waals surface area (Å²) < 4.78 is 18.4. The molecule has 0 aliphatic rings. The average molecular weight is 279 g/mol. The summed E-state index contributed by atoms with van der Waals surface area (Å²) >= 11 is 5.85. The second-order valence-corrected chi connectivity index (χ2v) is 4.47. The quantitative estimate of drug-likeness (QED) is 0.786. The molecule has 0 N–H and O–H groups in total. The van der Waals surface area contributed by atoms with E-state index in [1.54, 1.807) is 31.2 Å². The van der Waals surface area contributed by atoms with Gasteiger partial charge in [0.2, 0.25) is 5.78 Å². The van der Waals surface area contributed by atoms with E-state index >= 15 is 0 Å². The zero-order chi connectivity index (χ0) is 13.8. The first kappa shape index (κ1) is 13.6. The van der Waals surface area contributed by atoms with Crippen LogP contribution in [0.4, 0.5) is 4.39 Å². The second kappa shape index (κ2) is 5.85. The molecule has 0 heterocycles. The van der Waals surface area contributed by atoms with Crippen molar-refractivity contribution in [3.8, 4) is 5.75 Å². The minimum absolute atomic E-state index is 0.146. The predicted molar refractivity (Wildman–Crippen MR) is 72.3 cm³/mol. The number of carbonyl (C=O) groups is 1. The SMILES string of the molecule is CC(Oc1ccc(F)cc1Cl)C(=O)c1ccccc1. The molecule has 0 aliphatic heterocycles. The van der Waals surface area contributed by atoms with Gasteiger partial charge >= 0.3 is 0 Å². The van der Waals surface area contributed by atoms with E-state index in [2.05, 4.69) is 0 Å². The second-order valence-electron chi connectivity index (χ2n) is 4.07. The predicted octanol–water partition coefficient (Wildman–Crippen LogP) is 4.13. The topological polar surface area (TPSA) is 26.3 Å². The Balaban J connectivity index is 2.13. The highest BCUT2D eigenvalue weighted by molar-refractivity contribution is 6.32. The lowest BCUT2D eigenvalue weighted by molar-refractivity contribution is 0.0818. The summed E-state index contributed by atoms with van der Waals surface area (Å²) in [6.07, 6.45) is -0.689. The largest absolute Gasteiger partial charge is 0.481 e. The van der Waals surface area contributed by atoms with Gasteiger partial charge in [-0.3, -0.25) is 4.79 Å². The summed E-state index contributed by atoms with van der Waals surface area (Å²) in [6, 6.07) is 12.6. The summed E-state index contributed by atoms with van der Waals surface area (Å²) in [7, 11) is 0. The molecule has 0 fully saturated rings. The van der Waals surface area contributed by atoms with Gasteiger partial charge in [-0.2, -0.15) is 0 Å². The smallest absolute Gasteiger partial charge is 0.202 e. The van der Waals surface area contributed by atoms with Crippen molar-refractivity contribution < 1.29 is 13.9 Å². The number of hydrogen-bond donors (Lipinski definition) is 0. The van der Waals surface area contributed by atoms with Crippen molar-refractivity contribution >= 4 is 17.4 Å². The third-order valence-electron chi connectivity index (χ3n) is 2.63. The fourth-order valence-corrected chi connectivity index (χ4v) is 1.86. The van der Waals surface area contributed by atoms with Crippen molar-refractivity contribution in [1.29, 1.82) is 0 Å². The minimum atomic E-state index is -0.689. The van der Waals surface area contributed by atoms with E-state index in [-0.39, 0.29) is 10.8 Å². The Kier molecular flexibility index (Phi) is 4.17. The Labute approximate surface area is 115 Å². The Bertz CT molecular complexity index is 584. The molecule has 2 rings (SSSR count). The fraction of sp³-hybridized carbons (Fsp3) is 0.133. The van der Waals surface area contributed by atoms with Crippen LogP contribution in [0.25, 0.3) is 0 Å². The molecule has 0 aliphatic carbocycles. The maximum atomic E-state index is 12.9. The van der Waals surface area contributed by atoms with Gasteiger partial charge in [-0.15, -0.1) is 0 Å². The van der Waals surface area contributed by atoms with Gasteiger partial charge in [0, 0.05) is 5.56 Å². The molecule has 2 nitrogen and oxygen atoms in total. The number of benzene rings is 2. The lowest BCUT2D eigenvalue weighted by Crippen LogP contribution is -2.24. The van der Waals surface area contributed by atoms with Crippen molar-refractivity contribution in [1.82, 2.24) is 0 Å². The zero-order valence-corrected chi connectivity index (χ0v) is 11.0. The third-order valence-corrected chi connectivity index (χ3v) is 2.92. The normalized spacial score (nSPS) is 11.9. The molecule has 1 unspecified atom stereocenters. The standard InChI is InChI=1S/C15H12ClFO2/c1-10(15(18)11-5-3-2-4-6-11)19-14-8-7-12(17)9-13(14)16/h2-10H,1H3. The first-order valence-corrected chi connectivity index (χ1v) is 6.16. The van der Waals surface area contributed by atoms with E-state index in [9.17, 15) is 9.18 Å². The van der Waals surface area contributed by atoms with Crippen LogP contribution in [0, 0.1) is 5.82 Å². The molecule has 98 valence electrons.